The molecule has 1 saturated heterocycles. The smallest absolute Gasteiger partial charge is 0.314 e. The molecule has 1 atom stereocenters. The van der Waals surface area contributed by atoms with Gasteiger partial charge in [0.2, 0.25) is 0 Å². The van der Waals surface area contributed by atoms with Crippen LogP contribution in [-0.2, 0) is 4.79 Å². The number of carbonyl (C=O) groups is 2. The highest BCUT2D eigenvalue weighted by Crippen LogP contribution is 2.23. The fourth-order valence-corrected chi connectivity index (χ4v) is 4.13. The van der Waals surface area contributed by atoms with Gasteiger partial charge < -0.3 is 15.7 Å². The monoisotopic (exact) mass is 306 g/mol. The third-order valence-electron chi connectivity index (χ3n) is 2.99. The van der Waals surface area contributed by atoms with Crippen LogP contribution in [0.1, 0.15) is 20.3 Å². The number of urea groups is 1. The van der Waals surface area contributed by atoms with Gasteiger partial charge in [0.15, 0.2) is 0 Å². The Morgan fingerprint density at radius 1 is 1.32 bits per heavy atom. The molecule has 1 unspecified atom stereocenters. The van der Waals surface area contributed by atoms with Gasteiger partial charge in [0.25, 0.3) is 0 Å². The van der Waals surface area contributed by atoms with E-state index in [-0.39, 0.29) is 6.03 Å². The summed E-state index contributed by atoms with van der Waals surface area (Å²) in [6.07, 6.45) is 0.420. The Morgan fingerprint density at radius 2 is 2.05 bits per heavy atom. The van der Waals surface area contributed by atoms with Crippen molar-refractivity contribution in [2.24, 2.45) is 5.41 Å². The zero-order chi connectivity index (χ0) is 14.3. The van der Waals surface area contributed by atoms with Crippen LogP contribution in [0.25, 0.3) is 0 Å². The fourth-order valence-electron chi connectivity index (χ4n) is 1.52. The molecule has 1 aliphatic rings. The van der Waals surface area contributed by atoms with Crippen LogP contribution in [0.3, 0.4) is 0 Å². The maximum absolute atomic E-state index is 11.6. The van der Waals surface area contributed by atoms with E-state index in [2.05, 4.69) is 10.6 Å². The molecule has 110 valence electrons. The molecule has 1 rings (SSSR count). The van der Waals surface area contributed by atoms with Gasteiger partial charge in [-0.3, -0.25) is 4.79 Å². The van der Waals surface area contributed by atoms with Crippen molar-refractivity contribution in [3.63, 3.8) is 0 Å². The second-order valence-corrected chi connectivity index (χ2v) is 7.70. The van der Waals surface area contributed by atoms with Crippen molar-refractivity contribution in [2.45, 2.75) is 25.5 Å². The number of amides is 2. The van der Waals surface area contributed by atoms with Gasteiger partial charge in [-0.15, -0.1) is 0 Å². The largest absolute Gasteiger partial charge is 0.481 e. The van der Waals surface area contributed by atoms with Crippen LogP contribution >= 0.6 is 23.5 Å². The van der Waals surface area contributed by atoms with Crippen LogP contribution in [0.2, 0.25) is 0 Å². The molecule has 0 aliphatic carbocycles. The van der Waals surface area contributed by atoms with E-state index in [0.29, 0.717) is 24.8 Å². The second-order valence-electron chi connectivity index (χ2n) is 5.14. The maximum Gasteiger partial charge on any atom is 0.314 e. The molecule has 19 heavy (non-hydrogen) atoms. The highest BCUT2D eigenvalue weighted by Gasteiger charge is 2.26. The number of thioether (sulfide) groups is 2. The number of rotatable bonds is 6. The molecule has 0 bridgehead atoms. The number of carboxylic acids is 1. The zero-order valence-corrected chi connectivity index (χ0v) is 13.0. The van der Waals surface area contributed by atoms with E-state index >= 15 is 0 Å². The van der Waals surface area contributed by atoms with E-state index in [9.17, 15) is 9.59 Å². The number of aliphatic carboxylic acids is 1. The van der Waals surface area contributed by atoms with E-state index in [1.54, 1.807) is 13.8 Å². The highest BCUT2D eigenvalue weighted by molar-refractivity contribution is 8.06. The number of hydrogen-bond acceptors (Lipinski definition) is 4. The summed E-state index contributed by atoms with van der Waals surface area (Å²) in [5.74, 6) is 2.57. The summed E-state index contributed by atoms with van der Waals surface area (Å²) in [6.45, 7) is 4.36. The third kappa shape index (κ3) is 6.42. The average molecular weight is 306 g/mol. The van der Waals surface area contributed by atoms with Crippen molar-refractivity contribution in [3.8, 4) is 0 Å². The van der Waals surface area contributed by atoms with Crippen LogP contribution < -0.4 is 10.6 Å². The van der Waals surface area contributed by atoms with Crippen molar-refractivity contribution in [1.29, 1.82) is 0 Å². The van der Waals surface area contributed by atoms with Gasteiger partial charge in [-0.1, -0.05) is 0 Å². The summed E-state index contributed by atoms with van der Waals surface area (Å²) in [5.41, 5.74) is -0.802. The number of nitrogens with one attached hydrogen (secondary N) is 2. The van der Waals surface area contributed by atoms with Crippen LogP contribution in [0, 0.1) is 5.41 Å². The first-order valence-corrected chi connectivity index (χ1v) is 8.56. The molecule has 5 nitrogen and oxygen atoms in total. The van der Waals surface area contributed by atoms with Gasteiger partial charge in [-0.2, -0.15) is 23.5 Å². The maximum atomic E-state index is 11.6. The molecule has 7 heteroatoms. The molecule has 1 fully saturated rings. The molecule has 0 saturated carbocycles. The summed E-state index contributed by atoms with van der Waals surface area (Å²) in [6, 6.07) is -0.211. The molecule has 1 heterocycles. The molecule has 0 aromatic heterocycles. The standard InChI is InChI=1S/C12H22N2O3S2/c1-12(2,10(15)16)3-4-13-11(17)14-7-9-8-18-5-6-19-9/h9H,3-8H2,1-2H3,(H,15,16)(H2,13,14,17). The Kier molecular flexibility index (Phi) is 6.85. The first kappa shape index (κ1) is 16.5. The fraction of sp³-hybridized carbons (Fsp3) is 0.833. The van der Waals surface area contributed by atoms with Gasteiger partial charge in [0, 0.05) is 35.6 Å². The van der Waals surface area contributed by atoms with E-state index in [1.165, 1.54) is 5.75 Å². The number of hydrogen-bond donors (Lipinski definition) is 3. The van der Waals surface area contributed by atoms with Crippen molar-refractivity contribution < 1.29 is 14.7 Å². The molecule has 0 aromatic rings. The lowest BCUT2D eigenvalue weighted by Gasteiger charge is -2.22. The Morgan fingerprint density at radius 3 is 2.63 bits per heavy atom. The van der Waals surface area contributed by atoms with E-state index in [1.807, 2.05) is 23.5 Å². The summed E-state index contributed by atoms with van der Waals surface area (Å²) >= 11 is 3.82. The summed E-state index contributed by atoms with van der Waals surface area (Å²) in [5, 5.41) is 15.0. The van der Waals surface area contributed by atoms with Crippen LogP contribution in [0.5, 0.6) is 0 Å². The van der Waals surface area contributed by atoms with Gasteiger partial charge >= 0.3 is 12.0 Å². The molecule has 2 amide bonds. The lowest BCUT2D eigenvalue weighted by Crippen LogP contribution is -2.41. The SMILES string of the molecule is CC(C)(CCNC(=O)NCC1CSCCS1)C(=O)O. The first-order valence-electron chi connectivity index (χ1n) is 6.36. The molecular formula is C12H22N2O3S2. The molecule has 0 aromatic carbocycles. The van der Waals surface area contributed by atoms with Gasteiger partial charge in [0.05, 0.1) is 5.41 Å². The summed E-state index contributed by atoms with van der Waals surface area (Å²) < 4.78 is 0. The van der Waals surface area contributed by atoms with Crippen molar-refractivity contribution in [2.75, 3.05) is 30.3 Å². The molecule has 3 N–H and O–H groups in total. The predicted octanol–water partition coefficient (Wildman–Crippen LogP) is 1.64. The first-order chi connectivity index (χ1) is 8.92. The van der Waals surface area contributed by atoms with E-state index < -0.39 is 11.4 Å². The zero-order valence-electron chi connectivity index (χ0n) is 11.4. The van der Waals surface area contributed by atoms with Crippen LogP contribution in [0.15, 0.2) is 0 Å². The van der Waals surface area contributed by atoms with Crippen molar-refractivity contribution in [1.82, 2.24) is 10.6 Å². The van der Waals surface area contributed by atoms with Crippen molar-refractivity contribution in [3.05, 3.63) is 0 Å². The van der Waals surface area contributed by atoms with Crippen LogP contribution in [-0.4, -0.2) is 52.7 Å². The summed E-state index contributed by atoms with van der Waals surface area (Å²) in [7, 11) is 0. The van der Waals surface area contributed by atoms with Gasteiger partial charge in [-0.05, 0) is 20.3 Å². The minimum Gasteiger partial charge on any atom is -0.481 e. The molecule has 0 spiro atoms. The third-order valence-corrected chi connectivity index (χ3v) is 5.83. The van der Waals surface area contributed by atoms with Crippen molar-refractivity contribution >= 4 is 35.5 Å². The lowest BCUT2D eigenvalue weighted by atomic mass is 9.90. The average Bonchev–Trinajstić information content (AvgIpc) is 2.37. The van der Waals surface area contributed by atoms with Gasteiger partial charge in [-0.25, -0.2) is 4.79 Å². The quantitative estimate of drug-likeness (QED) is 0.695. The minimum atomic E-state index is -0.842. The number of carboxylic acid groups (broad SMARTS) is 1. The second kappa shape index (κ2) is 7.89. The Balaban J connectivity index is 2.12. The minimum absolute atomic E-state index is 0.211. The molecule has 0 radical (unpaired) electrons. The Labute approximate surface area is 122 Å². The van der Waals surface area contributed by atoms with Crippen LogP contribution in [0.4, 0.5) is 4.79 Å². The van der Waals surface area contributed by atoms with E-state index in [0.717, 1.165) is 11.5 Å². The lowest BCUT2D eigenvalue weighted by molar-refractivity contribution is -0.147. The summed E-state index contributed by atoms with van der Waals surface area (Å²) in [4.78, 5) is 22.5. The Bertz CT molecular complexity index is 318. The predicted molar refractivity (Wildman–Crippen MR) is 81.0 cm³/mol. The molecule has 1 aliphatic heterocycles. The normalized spacial score (nSPS) is 19.8. The van der Waals surface area contributed by atoms with E-state index in [4.69, 9.17) is 5.11 Å². The molecular weight excluding hydrogens is 284 g/mol. The Hall–Kier alpha value is -0.560. The topological polar surface area (TPSA) is 78.4 Å². The highest BCUT2D eigenvalue weighted by atomic mass is 32.2. The number of carbonyl (C=O) groups excluding carboxylic acids is 1. The van der Waals surface area contributed by atoms with Gasteiger partial charge in [0.1, 0.15) is 0 Å².